The lowest BCUT2D eigenvalue weighted by Gasteiger charge is -2.45. The van der Waals surface area contributed by atoms with Crippen LogP contribution in [0.4, 0.5) is 0 Å². The van der Waals surface area contributed by atoms with Crippen molar-refractivity contribution in [3.05, 3.63) is 48.6 Å². The fourth-order valence-corrected chi connectivity index (χ4v) is 3.30. The summed E-state index contributed by atoms with van der Waals surface area (Å²) in [6.45, 7) is 8.93. The lowest BCUT2D eigenvalue weighted by atomic mass is 9.84. The highest BCUT2D eigenvalue weighted by atomic mass is 31.1. The SMILES string of the molecule is C=CCN(Cc1ccccc1)C(CC)(CC)C(O)CO[P+](=O)O. The van der Waals surface area contributed by atoms with Gasteiger partial charge in [0.2, 0.25) is 0 Å². The minimum atomic E-state index is -2.71. The van der Waals surface area contributed by atoms with Crippen LogP contribution < -0.4 is 0 Å². The standard InChI is InChI=1S/C17H26NO4P/c1-4-12-18(13-15-10-8-7-9-11-15)17(5-2,6-3)16(19)14-22-23(20)21/h4,7-11,16,19H,1,5-6,12-14H2,2-3H3/p+1. The van der Waals surface area contributed by atoms with Crippen LogP contribution >= 0.6 is 8.25 Å². The Morgan fingerprint density at radius 2 is 1.96 bits per heavy atom. The van der Waals surface area contributed by atoms with E-state index in [2.05, 4.69) is 11.5 Å². The molecule has 0 aliphatic rings. The van der Waals surface area contributed by atoms with Crippen molar-refractivity contribution in [3.8, 4) is 0 Å². The maximum Gasteiger partial charge on any atom is 0.694 e. The number of hydrogen-bond acceptors (Lipinski definition) is 4. The molecule has 0 amide bonds. The van der Waals surface area contributed by atoms with Crippen molar-refractivity contribution in [1.82, 2.24) is 4.90 Å². The molecule has 1 aromatic carbocycles. The minimum Gasteiger partial charge on any atom is -0.389 e. The molecule has 0 saturated carbocycles. The number of rotatable bonds is 11. The molecule has 0 aliphatic heterocycles. The molecule has 128 valence electrons. The van der Waals surface area contributed by atoms with E-state index in [0.717, 1.165) is 5.56 Å². The van der Waals surface area contributed by atoms with E-state index in [1.54, 1.807) is 0 Å². The second-order valence-corrected chi connectivity index (χ2v) is 6.25. The van der Waals surface area contributed by atoms with Crippen LogP contribution in [-0.2, 0) is 15.6 Å². The molecular weight excluding hydrogens is 313 g/mol. The molecule has 1 aromatic rings. The first kappa shape index (κ1) is 19.9. The topological polar surface area (TPSA) is 70.0 Å². The summed E-state index contributed by atoms with van der Waals surface area (Å²) >= 11 is 0. The van der Waals surface area contributed by atoms with E-state index < -0.39 is 19.9 Å². The van der Waals surface area contributed by atoms with Crippen LogP contribution in [0.1, 0.15) is 32.3 Å². The molecule has 0 radical (unpaired) electrons. The predicted octanol–water partition coefficient (Wildman–Crippen LogP) is 3.26. The summed E-state index contributed by atoms with van der Waals surface area (Å²) in [4.78, 5) is 11.0. The van der Waals surface area contributed by atoms with Gasteiger partial charge in [-0.1, -0.05) is 50.3 Å². The summed E-state index contributed by atoms with van der Waals surface area (Å²) in [6, 6.07) is 10.0. The zero-order chi connectivity index (χ0) is 17.3. The van der Waals surface area contributed by atoms with E-state index in [4.69, 9.17) is 9.42 Å². The van der Waals surface area contributed by atoms with Crippen molar-refractivity contribution >= 4 is 8.25 Å². The van der Waals surface area contributed by atoms with Gasteiger partial charge in [-0.15, -0.1) is 16.0 Å². The molecule has 1 rings (SSSR count). The fraction of sp³-hybridized carbons (Fsp3) is 0.529. The van der Waals surface area contributed by atoms with Gasteiger partial charge < -0.3 is 5.11 Å². The highest BCUT2D eigenvalue weighted by Gasteiger charge is 2.41. The van der Waals surface area contributed by atoms with E-state index in [0.29, 0.717) is 25.9 Å². The summed E-state index contributed by atoms with van der Waals surface area (Å²) in [7, 11) is -2.71. The van der Waals surface area contributed by atoms with E-state index >= 15 is 0 Å². The molecular formula is C17H27NO4P+. The van der Waals surface area contributed by atoms with Gasteiger partial charge in [-0.25, -0.2) is 0 Å². The van der Waals surface area contributed by atoms with Crippen LogP contribution in [0.3, 0.4) is 0 Å². The van der Waals surface area contributed by atoms with Crippen LogP contribution in [-0.4, -0.2) is 39.7 Å². The van der Waals surface area contributed by atoms with E-state index in [1.807, 2.05) is 50.3 Å². The van der Waals surface area contributed by atoms with Gasteiger partial charge in [-0.3, -0.25) is 4.90 Å². The molecule has 0 heterocycles. The van der Waals surface area contributed by atoms with Crippen molar-refractivity contribution in [2.45, 2.75) is 44.9 Å². The van der Waals surface area contributed by atoms with Crippen molar-refractivity contribution in [1.29, 1.82) is 0 Å². The molecule has 6 heteroatoms. The third kappa shape index (κ3) is 5.48. The van der Waals surface area contributed by atoms with Crippen molar-refractivity contribution < 1.29 is 19.1 Å². The molecule has 0 aromatic heterocycles. The maximum absolute atomic E-state index is 10.8. The van der Waals surface area contributed by atoms with Crippen LogP contribution in [0.5, 0.6) is 0 Å². The largest absolute Gasteiger partial charge is 0.694 e. The summed E-state index contributed by atoms with van der Waals surface area (Å²) in [6.07, 6.45) is 2.32. The third-order valence-corrected chi connectivity index (χ3v) is 4.75. The Kier molecular flexibility index (Phi) is 8.59. The van der Waals surface area contributed by atoms with Gasteiger partial charge in [0.15, 0.2) is 0 Å². The number of hydrogen-bond donors (Lipinski definition) is 2. The number of benzene rings is 1. The minimum absolute atomic E-state index is 0.171. The number of aliphatic hydroxyl groups excluding tert-OH is 1. The molecule has 2 N–H and O–H groups in total. The summed E-state index contributed by atoms with van der Waals surface area (Å²) in [5, 5.41) is 10.6. The molecule has 0 spiro atoms. The Morgan fingerprint density at radius 1 is 1.35 bits per heavy atom. The maximum atomic E-state index is 10.8. The highest BCUT2D eigenvalue weighted by Crippen LogP contribution is 2.31. The Labute approximate surface area is 139 Å². The first-order valence-electron chi connectivity index (χ1n) is 7.87. The lowest BCUT2D eigenvalue weighted by Crippen LogP contribution is -2.57. The van der Waals surface area contributed by atoms with Gasteiger partial charge in [0, 0.05) is 23.2 Å². The lowest BCUT2D eigenvalue weighted by molar-refractivity contribution is -0.0577. The second kappa shape index (κ2) is 9.91. The van der Waals surface area contributed by atoms with Crippen molar-refractivity contribution in [2.75, 3.05) is 13.2 Å². The average Bonchev–Trinajstić information content (AvgIpc) is 2.55. The van der Waals surface area contributed by atoms with Crippen molar-refractivity contribution in [2.24, 2.45) is 0 Å². The smallest absolute Gasteiger partial charge is 0.389 e. The number of aliphatic hydroxyl groups is 1. The fourth-order valence-electron chi connectivity index (χ4n) is 3.03. The summed E-state index contributed by atoms with van der Waals surface area (Å²) < 4.78 is 15.5. The van der Waals surface area contributed by atoms with E-state index in [9.17, 15) is 9.67 Å². The van der Waals surface area contributed by atoms with Crippen LogP contribution in [0.2, 0.25) is 0 Å². The molecule has 0 saturated heterocycles. The predicted molar refractivity (Wildman–Crippen MR) is 92.1 cm³/mol. The Bertz CT molecular complexity index is 491. The Balaban J connectivity index is 3.03. The van der Waals surface area contributed by atoms with Crippen molar-refractivity contribution in [3.63, 3.8) is 0 Å². The molecule has 2 unspecified atom stereocenters. The number of nitrogens with zero attached hydrogens (tertiary/aromatic N) is 1. The summed E-state index contributed by atoms with van der Waals surface area (Å²) in [5.74, 6) is 0. The van der Waals surface area contributed by atoms with E-state index in [-0.39, 0.29) is 6.61 Å². The van der Waals surface area contributed by atoms with Crippen LogP contribution in [0.25, 0.3) is 0 Å². The quantitative estimate of drug-likeness (QED) is 0.478. The molecule has 23 heavy (non-hydrogen) atoms. The molecule has 0 fully saturated rings. The second-order valence-electron chi connectivity index (χ2n) is 5.51. The Morgan fingerprint density at radius 3 is 2.43 bits per heavy atom. The zero-order valence-corrected chi connectivity index (χ0v) is 14.8. The van der Waals surface area contributed by atoms with Gasteiger partial charge in [-0.05, 0) is 18.4 Å². The molecule has 2 atom stereocenters. The first-order chi connectivity index (χ1) is 11.0. The molecule has 0 bridgehead atoms. The molecule has 0 aliphatic carbocycles. The van der Waals surface area contributed by atoms with Crippen LogP contribution in [0, 0.1) is 0 Å². The first-order valence-corrected chi connectivity index (χ1v) is 9.00. The summed E-state index contributed by atoms with van der Waals surface area (Å²) in [5.41, 5.74) is 0.594. The van der Waals surface area contributed by atoms with Gasteiger partial charge in [-0.2, -0.15) is 0 Å². The normalized spacial score (nSPS) is 13.9. The Hall–Kier alpha value is -1.10. The zero-order valence-electron chi connectivity index (χ0n) is 13.9. The van der Waals surface area contributed by atoms with Gasteiger partial charge in [0.25, 0.3) is 0 Å². The van der Waals surface area contributed by atoms with E-state index in [1.165, 1.54) is 0 Å². The monoisotopic (exact) mass is 340 g/mol. The van der Waals surface area contributed by atoms with Gasteiger partial charge >= 0.3 is 8.25 Å². The van der Waals surface area contributed by atoms with Gasteiger partial charge in [0.1, 0.15) is 12.7 Å². The van der Waals surface area contributed by atoms with Crippen LogP contribution in [0.15, 0.2) is 43.0 Å². The average molecular weight is 340 g/mol. The van der Waals surface area contributed by atoms with Gasteiger partial charge in [0.05, 0.1) is 0 Å². The third-order valence-electron chi connectivity index (χ3n) is 4.38. The molecule has 5 nitrogen and oxygen atoms in total. The highest BCUT2D eigenvalue weighted by molar-refractivity contribution is 7.32.